The van der Waals surface area contributed by atoms with E-state index in [0.717, 1.165) is 16.3 Å². The quantitative estimate of drug-likeness (QED) is 0.206. The van der Waals surface area contributed by atoms with Crippen molar-refractivity contribution in [2.75, 3.05) is 24.0 Å². The number of non-ortho nitro benzene ring substituents is 1. The Labute approximate surface area is 226 Å². The maximum Gasteiger partial charge on any atom is 0.280 e. The number of nitrogens with zero attached hydrogens (tertiary/aromatic N) is 4. The maximum atomic E-state index is 13.6. The van der Waals surface area contributed by atoms with Crippen LogP contribution in [0, 0.1) is 10.1 Å². The highest BCUT2D eigenvalue weighted by molar-refractivity contribution is 6.44. The molecular formula is C24H17Cl4N5O3. The van der Waals surface area contributed by atoms with E-state index in [0.29, 0.717) is 5.02 Å². The van der Waals surface area contributed by atoms with Crippen LogP contribution in [0.5, 0.6) is 0 Å². The summed E-state index contributed by atoms with van der Waals surface area (Å²) in [4.78, 5) is 30.6. The molecule has 1 N–H and O–H groups in total. The molecule has 0 saturated carbocycles. The van der Waals surface area contributed by atoms with Crippen molar-refractivity contribution in [3.05, 3.63) is 95.9 Å². The van der Waals surface area contributed by atoms with Crippen molar-refractivity contribution in [2.24, 2.45) is 4.99 Å². The number of hydrogen-bond acceptors (Lipinski definition) is 5. The highest BCUT2D eigenvalue weighted by atomic mass is 35.5. The molecule has 0 radical (unpaired) electrons. The zero-order valence-corrected chi connectivity index (χ0v) is 21.8. The third kappa shape index (κ3) is 5.27. The Balaban J connectivity index is 1.86. The molecule has 36 heavy (non-hydrogen) atoms. The minimum Gasteiger partial charge on any atom is -0.378 e. The monoisotopic (exact) mass is 563 g/mol. The number of carbonyl (C=O) groups excluding carboxylic acids is 1. The lowest BCUT2D eigenvalue weighted by molar-refractivity contribution is -0.384. The predicted octanol–water partition coefficient (Wildman–Crippen LogP) is 6.94. The number of anilines is 2. The summed E-state index contributed by atoms with van der Waals surface area (Å²) in [6, 6.07) is 14.2. The number of nitrogens with one attached hydrogen (secondary N) is 1. The molecule has 0 unspecified atom stereocenters. The number of nitro groups is 1. The van der Waals surface area contributed by atoms with Crippen molar-refractivity contribution in [2.45, 2.75) is 0 Å². The molecule has 0 spiro atoms. The third-order valence-electron chi connectivity index (χ3n) is 5.20. The summed E-state index contributed by atoms with van der Waals surface area (Å²) in [5.74, 6) is -0.403. The Morgan fingerprint density at radius 1 is 0.972 bits per heavy atom. The van der Waals surface area contributed by atoms with Gasteiger partial charge in [-0.25, -0.2) is 10.0 Å². The molecule has 0 aliphatic carbocycles. The SMILES string of the molecule is CN(C)c1ccc(C=C2C(=O)N(c3c(Cl)cc(Cl)cc3Cl)NC2=Nc2cc([N+](=O)[O-])ccc2Cl)cc1. The van der Waals surface area contributed by atoms with Gasteiger partial charge in [0.05, 0.1) is 31.3 Å². The number of hydrogen-bond donors (Lipinski definition) is 1. The predicted molar refractivity (Wildman–Crippen MR) is 146 cm³/mol. The average molecular weight is 565 g/mol. The van der Waals surface area contributed by atoms with Crippen LogP contribution in [0.1, 0.15) is 5.56 Å². The highest BCUT2D eigenvalue weighted by Gasteiger charge is 2.35. The van der Waals surface area contributed by atoms with Crippen molar-refractivity contribution >= 4 is 87.0 Å². The summed E-state index contributed by atoms with van der Waals surface area (Å²) in [5, 5.41) is 13.1. The number of rotatable bonds is 5. The zero-order valence-electron chi connectivity index (χ0n) is 18.8. The number of halogens is 4. The second-order valence-corrected chi connectivity index (χ2v) is 9.53. The summed E-state index contributed by atoms with van der Waals surface area (Å²) in [5.41, 5.74) is 4.84. The highest BCUT2D eigenvalue weighted by Crippen LogP contribution is 2.39. The van der Waals surface area contributed by atoms with E-state index in [1.165, 1.54) is 30.3 Å². The van der Waals surface area contributed by atoms with Crippen molar-refractivity contribution in [1.29, 1.82) is 0 Å². The molecule has 0 atom stereocenters. The van der Waals surface area contributed by atoms with Crippen LogP contribution >= 0.6 is 46.4 Å². The van der Waals surface area contributed by atoms with Crippen LogP contribution in [0.25, 0.3) is 6.08 Å². The lowest BCUT2D eigenvalue weighted by Crippen LogP contribution is -2.36. The summed E-state index contributed by atoms with van der Waals surface area (Å²) >= 11 is 25.0. The molecule has 3 aromatic rings. The molecule has 1 aliphatic heterocycles. The number of carbonyl (C=O) groups is 1. The Kier molecular flexibility index (Phi) is 7.42. The lowest BCUT2D eigenvalue weighted by Gasteiger charge is -2.18. The summed E-state index contributed by atoms with van der Waals surface area (Å²) in [7, 11) is 3.84. The second-order valence-electron chi connectivity index (χ2n) is 7.87. The number of amidine groups is 1. The van der Waals surface area contributed by atoms with Gasteiger partial charge in [-0.2, -0.15) is 0 Å². The topological polar surface area (TPSA) is 91.1 Å². The van der Waals surface area contributed by atoms with Crippen LogP contribution < -0.4 is 15.3 Å². The van der Waals surface area contributed by atoms with E-state index in [9.17, 15) is 14.9 Å². The number of hydrazine groups is 1. The van der Waals surface area contributed by atoms with Crippen LogP contribution in [-0.2, 0) is 4.79 Å². The molecule has 1 amide bonds. The number of benzene rings is 3. The summed E-state index contributed by atoms with van der Waals surface area (Å²) in [6.45, 7) is 0. The summed E-state index contributed by atoms with van der Waals surface area (Å²) < 4.78 is 0. The van der Waals surface area contributed by atoms with E-state index in [1.807, 2.05) is 43.3 Å². The fourth-order valence-corrected chi connectivity index (χ4v) is 4.56. The molecule has 12 heteroatoms. The average Bonchev–Trinajstić information content (AvgIpc) is 3.09. The van der Waals surface area contributed by atoms with Gasteiger partial charge in [-0.1, -0.05) is 58.5 Å². The Bertz CT molecular complexity index is 1420. The molecule has 1 saturated heterocycles. The van der Waals surface area contributed by atoms with Gasteiger partial charge >= 0.3 is 0 Å². The molecule has 8 nitrogen and oxygen atoms in total. The van der Waals surface area contributed by atoms with Gasteiger partial charge in [0.2, 0.25) is 0 Å². The largest absolute Gasteiger partial charge is 0.378 e. The first-order valence-corrected chi connectivity index (χ1v) is 11.8. The Hall–Kier alpha value is -3.30. The molecule has 1 aliphatic rings. The molecule has 1 fully saturated rings. The minimum absolute atomic E-state index is 0.0983. The van der Waals surface area contributed by atoms with Crippen LogP contribution in [0.4, 0.5) is 22.7 Å². The molecular weight excluding hydrogens is 548 g/mol. The van der Waals surface area contributed by atoms with Gasteiger partial charge in [0, 0.05) is 36.9 Å². The Morgan fingerprint density at radius 3 is 2.19 bits per heavy atom. The molecule has 184 valence electrons. The van der Waals surface area contributed by atoms with E-state index in [-0.39, 0.29) is 43.5 Å². The number of nitro benzene ring substituents is 1. The van der Waals surface area contributed by atoms with Crippen LogP contribution in [0.2, 0.25) is 20.1 Å². The minimum atomic E-state index is -0.560. The zero-order chi connectivity index (χ0) is 26.1. The van der Waals surface area contributed by atoms with E-state index >= 15 is 0 Å². The molecule has 3 aromatic carbocycles. The molecule has 4 rings (SSSR count). The van der Waals surface area contributed by atoms with E-state index in [2.05, 4.69) is 10.4 Å². The van der Waals surface area contributed by atoms with E-state index < -0.39 is 10.8 Å². The van der Waals surface area contributed by atoms with E-state index in [4.69, 9.17) is 46.4 Å². The Morgan fingerprint density at radius 2 is 1.61 bits per heavy atom. The first-order valence-electron chi connectivity index (χ1n) is 10.3. The summed E-state index contributed by atoms with van der Waals surface area (Å²) in [6.07, 6.45) is 1.64. The maximum absolute atomic E-state index is 13.6. The van der Waals surface area contributed by atoms with Crippen LogP contribution in [-0.4, -0.2) is 30.8 Å². The van der Waals surface area contributed by atoms with Gasteiger partial charge in [0.15, 0.2) is 5.84 Å². The normalized spacial score (nSPS) is 15.5. The fraction of sp³-hybridized carbons (Fsp3) is 0.0833. The second kappa shape index (κ2) is 10.4. The number of aliphatic imine (C=N–C) groups is 1. The fourth-order valence-electron chi connectivity index (χ4n) is 3.42. The number of amides is 1. The van der Waals surface area contributed by atoms with Gasteiger partial charge < -0.3 is 4.90 Å². The molecule has 1 heterocycles. The van der Waals surface area contributed by atoms with Crippen molar-refractivity contribution in [3.63, 3.8) is 0 Å². The van der Waals surface area contributed by atoms with Crippen molar-refractivity contribution in [3.8, 4) is 0 Å². The van der Waals surface area contributed by atoms with Crippen molar-refractivity contribution < 1.29 is 9.72 Å². The molecule has 0 bridgehead atoms. The first-order chi connectivity index (χ1) is 17.0. The van der Waals surface area contributed by atoms with Crippen LogP contribution in [0.15, 0.2) is 65.2 Å². The van der Waals surface area contributed by atoms with Crippen LogP contribution in [0.3, 0.4) is 0 Å². The lowest BCUT2D eigenvalue weighted by atomic mass is 10.1. The van der Waals surface area contributed by atoms with E-state index in [1.54, 1.807) is 6.08 Å². The standard InChI is InChI=1S/C24H17Cl4N5O3/c1-31(2)15-5-3-13(4-6-15)9-17-23(29-21-12-16(33(35)36)7-8-18(21)26)30-32(24(17)34)22-19(27)10-14(25)11-20(22)28/h3-12H,1-2H3,(H,29,30). The van der Waals surface area contributed by atoms with Crippen molar-refractivity contribution in [1.82, 2.24) is 5.43 Å². The van der Waals surface area contributed by atoms with Gasteiger partial charge in [0.25, 0.3) is 11.6 Å². The van der Waals surface area contributed by atoms with Gasteiger partial charge in [-0.05, 0) is 42.0 Å². The van der Waals surface area contributed by atoms with Gasteiger partial charge in [0.1, 0.15) is 5.69 Å². The van der Waals surface area contributed by atoms with Gasteiger partial charge in [-0.15, -0.1) is 0 Å². The van der Waals surface area contributed by atoms with Gasteiger partial charge in [-0.3, -0.25) is 20.3 Å². The smallest absolute Gasteiger partial charge is 0.280 e. The third-order valence-corrected chi connectivity index (χ3v) is 6.32. The first kappa shape index (κ1) is 25.8. The molecule has 0 aromatic heterocycles.